The van der Waals surface area contributed by atoms with E-state index >= 15 is 0 Å². The van der Waals surface area contributed by atoms with Crippen molar-refractivity contribution in [2.24, 2.45) is 0 Å². The Morgan fingerprint density at radius 2 is 0.837 bits per heavy atom. The third-order valence-electron chi connectivity index (χ3n) is 6.32. The molecule has 0 atom stereocenters. The van der Waals surface area contributed by atoms with E-state index in [1.165, 1.54) is 0 Å². The van der Waals surface area contributed by atoms with E-state index in [0.717, 1.165) is 12.8 Å². The van der Waals surface area contributed by atoms with Crippen LogP contribution in [0.1, 0.15) is 50.7 Å². The number of sulfone groups is 1. The minimum Gasteiger partial charge on any atom is -0.457 e. The summed E-state index contributed by atoms with van der Waals surface area (Å²) in [5, 5.41) is 5.67. The lowest BCUT2D eigenvalue weighted by molar-refractivity contribution is -0.117. The van der Waals surface area contributed by atoms with Gasteiger partial charge in [0.15, 0.2) is 9.84 Å². The summed E-state index contributed by atoms with van der Waals surface area (Å²) in [4.78, 5) is 23.5. The molecule has 4 rings (SSSR count). The number of carbonyl (C=O) groups is 2. The number of rotatable bonds is 14. The Labute approximate surface area is 253 Å². The van der Waals surface area contributed by atoms with Crippen LogP contribution in [0.4, 0.5) is 11.4 Å². The van der Waals surface area contributed by atoms with Gasteiger partial charge in [-0.05, 0) is 96.8 Å². The van der Waals surface area contributed by atoms with E-state index in [1.54, 1.807) is 97.1 Å². The zero-order valence-electron chi connectivity index (χ0n) is 24.3. The molecule has 0 saturated carbocycles. The molecule has 2 N–H and O–H groups in total. The SMILES string of the molecule is CCCC(=O)Nc1ccc(Oc2ccc(CS(=O)(=O)Cc3ccc(Oc4ccc(NC(=O)CCC)cc4)cc3)cc2)cc1. The molecular weight excluding hydrogens is 564 g/mol. The van der Waals surface area contributed by atoms with Gasteiger partial charge in [-0.1, -0.05) is 38.1 Å². The van der Waals surface area contributed by atoms with E-state index in [-0.39, 0.29) is 23.3 Å². The van der Waals surface area contributed by atoms with Crippen LogP contribution in [0.3, 0.4) is 0 Å². The summed E-state index contributed by atoms with van der Waals surface area (Å²) in [6.45, 7) is 3.91. The van der Waals surface area contributed by atoms with Gasteiger partial charge in [-0.2, -0.15) is 0 Å². The Kier molecular flexibility index (Phi) is 10.9. The second-order valence-corrected chi connectivity index (χ2v) is 12.2. The zero-order valence-corrected chi connectivity index (χ0v) is 25.2. The molecule has 2 amide bonds. The van der Waals surface area contributed by atoms with Crippen molar-refractivity contribution in [3.05, 3.63) is 108 Å². The van der Waals surface area contributed by atoms with Crippen LogP contribution >= 0.6 is 0 Å². The summed E-state index contributed by atoms with van der Waals surface area (Å²) in [6, 6.07) is 28.1. The van der Waals surface area contributed by atoms with Crippen LogP contribution < -0.4 is 20.1 Å². The van der Waals surface area contributed by atoms with Crippen molar-refractivity contribution < 1.29 is 27.5 Å². The van der Waals surface area contributed by atoms with Crippen molar-refractivity contribution in [1.82, 2.24) is 0 Å². The van der Waals surface area contributed by atoms with Gasteiger partial charge in [0, 0.05) is 24.2 Å². The summed E-state index contributed by atoms with van der Waals surface area (Å²) in [5.74, 6) is 2.12. The highest BCUT2D eigenvalue weighted by molar-refractivity contribution is 7.89. The van der Waals surface area contributed by atoms with E-state index in [0.29, 0.717) is 58.3 Å². The van der Waals surface area contributed by atoms with Gasteiger partial charge >= 0.3 is 0 Å². The number of hydrogen-bond acceptors (Lipinski definition) is 6. The maximum absolute atomic E-state index is 12.9. The molecule has 0 aliphatic heterocycles. The lowest BCUT2D eigenvalue weighted by Crippen LogP contribution is -2.10. The molecule has 0 heterocycles. The molecule has 0 saturated heterocycles. The first kappa shape index (κ1) is 31.3. The van der Waals surface area contributed by atoms with E-state index in [9.17, 15) is 18.0 Å². The zero-order chi connectivity index (χ0) is 30.7. The fourth-order valence-electron chi connectivity index (χ4n) is 4.25. The second-order valence-electron chi connectivity index (χ2n) is 10.2. The number of anilines is 2. The first-order valence-corrected chi connectivity index (χ1v) is 16.1. The maximum atomic E-state index is 12.9. The smallest absolute Gasteiger partial charge is 0.224 e. The minimum atomic E-state index is -3.42. The average molecular weight is 601 g/mol. The number of benzene rings is 4. The Hall–Kier alpha value is -4.63. The second kappa shape index (κ2) is 15.0. The van der Waals surface area contributed by atoms with Crippen LogP contribution in [0.2, 0.25) is 0 Å². The summed E-state index contributed by atoms with van der Waals surface area (Å²) in [5.41, 5.74) is 2.73. The van der Waals surface area contributed by atoms with Crippen molar-refractivity contribution in [2.75, 3.05) is 10.6 Å². The highest BCUT2D eigenvalue weighted by Gasteiger charge is 2.14. The maximum Gasteiger partial charge on any atom is 0.224 e. The van der Waals surface area contributed by atoms with Crippen LogP contribution in [0.25, 0.3) is 0 Å². The van der Waals surface area contributed by atoms with Crippen molar-refractivity contribution in [3.63, 3.8) is 0 Å². The first-order chi connectivity index (χ1) is 20.7. The molecule has 43 heavy (non-hydrogen) atoms. The number of amides is 2. The monoisotopic (exact) mass is 600 g/mol. The van der Waals surface area contributed by atoms with Crippen molar-refractivity contribution in [2.45, 2.75) is 51.0 Å². The van der Waals surface area contributed by atoms with Gasteiger partial charge in [0.05, 0.1) is 11.5 Å². The van der Waals surface area contributed by atoms with Crippen molar-refractivity contribution >= 4 is 33.0 Å². The van der Waals surface area contributed by atoms with Crippen LogP contribution in [0.5, 0.6) is 23.0 Å². The number of nitrogens with one attached hydrogen (secondary N) is 2. The normalized spacial score (nSPS) is 11.0. The van der Waals surface area contributed by atoms with Gasteiger partial charge in [0.25, 0.3) is 0 Å². The highest BCUT2D eigenvalue weighted by Crippen LogP contribution is 2.26. The van der Waals surface area contributed by atoms with Gasteiger partial charge in [0.2, 0.25) is 11.8 Å². The Bertz CT molecular complexity index is 1480. The third kappa shape index (κ3) is 10.3. The largest absolute Gasteiger partial charge is 0.457 e. The van der Waals surface area contributed by atoms with Gasteiger partial charge in [-0.3, -0.25) is 9.59 Å². The topological polar surface area (TPSA) is 111 Å². The first-order valence-electron chi connectivity index (χ1n) is 14.2. The molecule has 0 aromatic heterocycles. The Balaban J connectivity index is 1.27. The van der Waals surface area contributed by atoms with Crippen LogP contribution in [-0.4, -0.2) is 20.2 Å². The molecule has 8 nitrogen and oxygen atoms in total. The van der Waals surface area contributed by atoms with E-state index in [1.807, 2.05) is 13.8 Å². The highest BCUT2D eigenvalue weighted by atomic mass is 32.2. The van der Waals surface area contributed by atoms with E-state index < -0.39 is 9.84 Å². The predicted octanol–water partition coefficient (Wildman–Crippen LogP) is 7.86. The van der Waals surface area contributed by atoms with Crippen molar-refractivity contribution in [1.29, 1.82) is 0 Å². The molecule has 0 bridgehead atoms. The van der Waals surface area contributed by atoms with Crippen LogP contribution in [0.15, 0.2) is 97.1 Å². The summed E-state index contributed by atoms with van der Waals surface area (Å²) < 4.78 is 37.5. The lowest BCUT2D eigenvalue weighted by Gasteiger charge is -2.10. The Morgan fingerprint density at radius 3 is 1.14 bits per heavy atom. The lowest BCUT2D eigenvalue weighted by atomic mass is 10.2. The summed E-state index contributed by atoms with van der Waals surface area (Å²) in [6.07, 6.45) is 2.52. The molecule has 224 valence electrons. The molecule has 0 fully saturated rings. The molecule has 0 spiro atoms. The molecule has 0 unspecified atom stereocenters. The van der Waals surface area contributed by atoms with Crippen LogP contribution in [0, 0.1) is 0 Å². The molecule has 4 aromatic rings. The van der Waals surface area contributed by atoms with Crippen LogP contribution in [-0.2, 0) is 30.9 Å². The van der Waals surface area contributed by atoms with E-state index in [4.69, 9.17) is 9.47 Å². The molecule has 0 radical (unpaired) electrons. The molecule has 0 aliphatic carbocycles. The number of carbonyl (C=O) groups excluding carboxylic acids is 2. The fourth-order valence-corrected chi connectivity index (χ4v) is 5.75. The average Bonchev–Trinajstić information content (AvgIpc) is 2.97. The minimum absolute atomic E-state index is 0.0264. The summed E-state index contributed by atoms with van der Waals surface area (Å²) in [7, 11) is -3.42. The number of hydrogen-bond donors (Lipinski definition) is 2. The van der Waals surface area contributed by atoms with Gasteiger partial charge in [0.1, 0.15) is 23.0 Å². The summed E-state index contributed by atoms with van der Waals surface area (Å²) >= 11 is 0. The standard InChI is InChI=1S/C34H36N2O6S/c1-3-5-33(37)35-27-11-19-31(20-12-27)41-29-15-7-25(8-16-29)23-43(39,40)24-26-9-17-30(18-10-26)42-32-21-13-28(14-22-32)36-34(38)6-4-2/h7-22H,3-6,23-24H2,1-2H3,(H,35,37)(H,36,38). The van der Waals surface area contributed by atoms with Gasteiger partial charge < -0.3 is 20.1 Å². The fraction of sp³-hybridized carbons (Fsp3) is 0.235. The molecule has 0 aliphatic rings. The Morgan fingerprint density at radius 1 is 0.535 bits per heavy atom. The molecule has 9 heteroatoms. The molecule has 4 aromatic carbocycles. The predicted molar refractivity (Wildman–Crippen MR) is 169 cm³/mol. The third-order valence-corrected chi connectivity index (χ3v) is 7.87. The molecular formula is C34H36N2O6S. The number of ether oxygens (including phenoxy) is 2. The van der Waals surface area contributed by atoms with Gasteiger partial charge in [-0.25, -0.2) is 8.42 Å². The van der Waals surface area contributed by atoms with Crippen molar-refractivity contribution in [3.8, 4) is 23.0 Å². The quantitative estimate of drug-likeness (QED) is 0.152. The van der Waals surface area contributed by atoms with Gasteiger partial charge in [-0.15, -0.1) is 0 Å². The van der Waals surface area contributed by atoms with E-state index in [2.05, 4.69) is 10.6 Å².